The molecule has 0 aromatic rings. The van der Waals surface area contributed by atoms with Crippen LogP contribution < -0.4 is 5.32 Å². The Morgan fingerprint density at radius 3 is 3.08 bits per heavy atom. The summed E-state index contributed by atoms with van der Waals surface area (Å²) in [6.45, 7) is 7.19. The standard InChI is InChI=1S/C10H22N2S/c1-3-10-9-11-5-7-12(10)6-4-8-13-2/h10-11H,3-9H2,1-2H3. The summed E-state index contributed by atoms with van der Waals surface area (Å²) >= 11 is 1.96. The molecule has 1 aliphatic rings. The summed E-state index contributed by atoms with van der Waals surface area (Å²) in [4.78, 5) is 2.65. The van der Waals surface area contributed by atoms with E-state index in [2.05, 4.69) is 23.4 Å². The molecule has 0 amide bonds. The summed E-state index contributed by atoms with van der Waals surface area (Å²) < 4.78 is 0. The van der Waals surface area contributed by atoms with E-state index in [9.17, 15) is 0 Å². The van der Waals surface area contributed by atoms with Crippen LogP contribution in [-0.4, -0.2) is 49.1 Å². The van der Waals surface area contributed by atoms with Crippen LogP contribution in [0.4, 0.5) is 0 Å². The second kappa shape index (κ2) is 6.68. The number of hydrogen-bond acceptors (Lipinski definition) is 3. The Kier molecular flexibility index (Phi) is 5.83. The highest BCUT2D eigenvalue weighted by Crippen LogP contribution is 2.08. The average molecular weight is 202 g/mol. The third-order valence-corrected chi connectivity index (χ3v) is 3.43. The molecule has 1 atom stereocenters. The highest BCUT2D eigenvalue weighted by Gasteiger charge is 2.19. The van der Waals surface area contributed by atoms with Gasteiger partial charge in [-0.15, -0.1) is 0 Å². The van der Waals surface area contributed by atoms with Crippen LogP contribution in [0.5, 0.6) is 0 Å². The number of hydrogen-bond donors (Lipinski definition) is 1. The summed E-state index contributed by atoms with van der Waals surface area (Å²) in [6, 6.07) is 0.788. The van der Waals surface area contributed by atoms with Crippen LogP contribution in [0.2, 0.25) is 0 Å². The monoisotopic (exact) mass is 202 g/mol. The zero-order chi connectivity index (χ0) is 9.52. The Morgan fingerprint density at radius 2 is 2.38 bits per heavy atom. The van der Waals surface area contributed by atoms with Gasteiger partial charge in [-0.25, -0.2) is 0 Å². The molecule has 1 heterocycles. The minimum Gasteiger partial charge on any atom is -0.314 e. The maximum atomic E-state index is 3.46. The summed E-state index contributed by atoms with van der Waals surface area (Å²) in [6.07, 6.45) is 4.82. The van der Waals surface area contributed by atoms with Crippen molar-refractivity contribution in [1.82, 2.24) is 10.2 Å². The van der Waals surface area contributed by atoms with E-state index in [4.69, 9.17) is 0 Å². The summed E-state index contributed by atoms with van der Waals surface area (Å²) in [7, 11) is 0. The quantitative estimate of drug-likeness (QED) is 0.679. The van der Waals surface area contributed by atoms with Crippen molar-refractivity contribution in [2.24, 2.45) is 0 Å². The molecule has 0 aliphatic carbocycles. The lowest BCUT2D eigenvalue weighted by molar-refractivity contribution is 0.158. The van der Waals surface area contributed by atoms with Gasteiger partial charge in [0, 0.05) is 25.7 Å². The van der Waals surface area contributed by atoms with Crippen molar-refractivity contribution in [2.45, 2.75) is 25.8 Å². The van der Waals surface area contributed by atoms with Gasteiger partial charge in [-0.3, -0.25) is 4.90 Å². The molecule has 1 fully saturated rings. The number of piperazine rings is 1. The van der Waals surface area contributed by atoms with Crippen LogP contribution in [-0.2, 0) is 0 Å². The summed E-state index contributed by atoms with van der Waals surface area (Å²) in [5, 5.41) is 3.46. The fourth-order valence-electron chi connectivity index (χ4n) is 1.91. The van der Waals surface area contributed by atoms with Crippen LogP contribution in [0.15, 0.2) is 0 Å². The van der Waals surface area contributed by atoms with Crippen LogP contribution in [0.25, 0.3) is 0 Å². The molecule has 1 N–H and O–H groups in total. The molecule has 0 bridgehead atoms. The Bertz CT molecular complexity index is 130. The Balaban J connectivity index is 2.19. The van der Waals surface area contributed by atoms with Crippen LogP contribution in [0.1, 0.15) is 19.8 Å². The van der Waals surface area contributed by atoms with E-state index in [1.165, 1.54) is 44.8 Å². The van der Waals surface area contributed by atoms with Crippen molar-refractivity contribution >= 4 is 11.8 Å². The fraction of sp³-hybridized carbons (Fsp3) is 1.00. The molecule has 13 heavy (non-hydrogen) atoms. The van der Waals surface area contributed by atoms with Gasteiger partial charge in [0.15, 0.2) is 0 Å². The lowest BCUT2D eigenvalue weighted by atomic mass is 10.1. The van der Waals surface area contributed by atoms with Crippen molar-refractivity contribution < 1.29 is 0 Å². The van der Waals surface area contributed by atoms with Gasteiger partial charge in [0.1, 0.15) is 0 Å². The van der Waals surface area contributed by atoms with Gasteiger partial charge in [0.25, 0.3) is 0 Å². The normalized spacial score (nSPS) is 24.9. The summed E-state index contributed by atoms with van der Waals surface area (Å²) in [5.41, 5.74) is 0. The lowest BCUT2D eigenvalue weighted by Crippen LogP contribution is -2.51. The van der Waals surface area contributed by atoms with Crippen LogP contribution in [0, 0.1) is 0 Å². The first-order valence-corrected chi connectivity index (χ1v) is 6.71. The number of nitrogens with zero attached hydrogens (tertiary/aromatic N) is 1. The van der Waals surface area contributed by atoms with E-state index in [1.807, 2.05) is 11.8 Å². The molecule has 1 unspecified atom stereocenters. The first kappa shape index (κ1) is 11.3. The zero-order valence-electron chi connectivity index (χ0n) is 8.88. The third kappa shape index (κ3) is 3.88. The van der Waals surface area contributed by atoms with Gasteiger partial charge < -0.3 is 5.32 Å². The average Bonchev–Trinajstić information content (AvgIpc) is 2.19. The van der Waals surface area contributed by atoms with Gasteiger partial charge in [0.05, 0.1) is 0 Å². The predicted octanol–water partition coefficient (Wildman–Crippen LogP) is 1.42. The molecular formula is C10H22N2S. The molecule has 1 rings (SSSR count). The molecule has 0 aromatic heterocycles. The molecule has 2 nitrogen and oxygen atoms in total. The number of thioether (sulfide) groups is 1. The van der Waals surface area contributed by atoms with Gasteiger partial charge in [0.2, 0.25) is 0 Å². The molecule has 78 valence electrons. The first-order valence-electron chi connectivity index (χ1n) is 5.32. The van der Waals surface area contributed by atoms with E-state index in [1.54, 1.807) is 0 Å². The molecule has 1 saturated heterocycles. The van der Waals surface area contributed by atoms with Crippen molar-refractivity contribution in [3.05, 3.63) is 0 Å². The Hall–Kier alpha value is 0.270. The molecule has 0 spiro atoms. The predicted molar refractivity (Wildman–Crippen MR) is 61.5 cm³/mol. The third-order valence-electron chi connectivity index (χ3n) is 2.74. The van der Waals surface area contributed by atoms with Crippen LogP contribution in [0.3, 0.4) is 0 Å². The van der Waals surface area contributed by atoms with Gasteiger partial charge in [-0.1, -0.05) is 6.92 Å². The molecule has 0 radical (unpaired) electrons. The fourth-order valence-corrected chi connectivity index (χ4v) is 2.33. The maximum absolute atomic E-state index is 3.46. The second-order valence-electron chi connectivity index (χ2n) is 3.65. The molecule has 1 aliphatic heterocycles. The van der Waals surface area contributed by atoms with Gasteiger partial charge in [-0.05, 0) is 31.4 Å². The molecule has 3 heteroatoms. The van der Waals surface area contributed by atoms with Crippen molar-refractivity contribution in [3.63, 3.8) is 0 Å². The maximum Gasteiger partial charge on any atom is 0.0218 e. The summed E-state index contributed by atoms with van der Waals surface area (Å²) in [5.74, 6) is 1.31. The first-order chi connectivity index (χ1) is 6.38. The van der Waals surface area contributed by atoms with Crippen molar-refractivity contribution in [1.29, 1.82) is 0 Å². The molecule has 0 saturated carbocycles. The van der Waals surface area contributed by atoms with E-state index in [-0.39, 0.29) is 0 Å². The highest BCUT2D eigenvalue weighted by molar-refractivity contribution is 7.98. The number of nitrogens with one attached hydrogen (secondary N) is 1. The van der Waals surface area contributed by atoms with Crippen molar-refractivity contribution in [3.8, 4) is 0 Å². The zero-order valence-corrected chi connectivity index (χ0v) is 9.70. The van der Waals surface area contributed by atoms with Gasteiger partial charge in [-0.2, -0.15) is 11.8 Å². The minimum absolute atomic E-state index is 0.788. The number of rotatable bonds is 5. The molecule has 0 aromatic carbocycles. The van der Waals surface area contributed by atoms with E-state index < -0.39 is 0 Å². The largest absolute Gasteiger partial charge is 0.314 e. The SMILES string of the molecule is CCC1CNCCN1CCCSC. The highest BCUT2D eigenvalue weighted by atomic mass is 32.2. The smallest absolute Gasteiger partial charge is 0.0218 e. The van der Waals surface area contributed by atoms with Crippen molar-refractivity contribution in [2.75, 3.05) is 38.2 Å². The van der Waals surface area contributed by atoms with E-state index >= 15 is 0 Å². The topological polar surface area (TPSA) is 15.3 Å². The lowest BCUT2D eigenvalue weighted by Gasteiger charge is -2.35. The van der Waals surface area contributed by atoms with E-state index in [0.717, 1.165) is 6.04 Å². The van der Waals surface area contributed by atoms with E-state index in [0.29, 0.717) is 0 Å². The Morgan fingerprint density at radius 1 is 1.54 bits per heavy atom. The Labute approximate surface area is 86.5 Å². The van der Waals surface area contributed by atoms with Crippen LogP contribution >= 0.6 is 11.8 Å². The molecular weight excluding hydrogens is 180 g/mol. The van der Waals surface area contributed by atoms with Gasteiger partial charge >= 0.3 is 0 Å². The minimum atomic E-state index is 0.788. The second-order valence-corrected chi connectivity index (χ2v) is 4.63.